The van der Waals surface area contributed by atoms with Crippen molar-refractivity contribution in [3.8, 4) is 11.5 Å². The third-order valence-corrected chi connectivity index (χ3v) is 3.50. The summed E-state index contributed by atoms with van der Waals surface area (Å²) in [6.07, 6.45) is 0.802. The Bertz CT molecular complexity index is 583. The Balaban J connectivity index is 1.80. The van der Waals surface area contributed by atoms with Gasteiger partial charge in [0.2, 0.25) is 5.13 Å². The van der Waals surface area contributed by atoms with Crippen LogP contribution < -0.4 is 14.8 Å². The van der Waals surface area contributed by atoms with E-state index in [0.29, 0.717) is 17.5 Å². The first-order valence-corrected chi connectivity index (χ1v) is 7.50. The number of nitrogens with zero attached hydrogens (tertiary/aromatic N) is 2. The predicted molar refractivity (Wildman–Crippen MR) is 81.0 cm³/mol. The molecule has 1 aromatic heterocycles. The molecule has 1 N–H and O–H groups in total. The second kappa shape index (κ2) is 7.58. The Kier molecular flexibility index (Phi) is 5.51. The number of aromatic nitrogens is 2. The van der Waals surface area contributed by atoms with Crippen LogP contribution in [-0.2, 0) is 11.2 Å². The molecule has 0 fully saturated rings. The average Bonchev–Trinajstić information content (AvgIpc) is 2.94. The fourth-order valence-electron chi connectivity index (χ4n) is 1.55. The first kappa shape index (κ1) is 15.2. The van der Waals surface area contributed by atoms with Gasteiger partial charge in [-0.2, -0.15) is 0 Å². The van der Waals surface area contributed by atoms with Crippen LogP contribution in [-0.4, -0.2) is 29.3 Å². The standard InChI is InChI=1S/C14H17N3O3S/c1-3-13-16-17-14(21-13)15-12(18)9-20-11-7-5-10(6-8-11)19-4-2/h5-8H,3-4,9H2,1-2H3,(H,15,17,18). The van der Waals surface area contributed by atoms with Gasteiger partial charge in [0, 0.05) is 0 Å². The topological polar surface area (TPSA) is 73.3 Å². The van der Waals surface area contributed by atoms with Crippen molar-refractivity contribution in [3.63, 3.8) is 0 Å². The van der Waals surface area contributed by atoms with E-state index in [9.17, 15) is 4.79 Å². The SMILES string of the molecule is CCOc1ccc(OCC(=O)Nc2nnc(CC)s2)cc1. The number of hydrogen-bond donors (Lipinski definition) is 1. The first-order valence-electron chi connectivity index (χ1n) is 6.69. The minimum Gasteiger partial charge on any atom is -0.494 e. The molecule has 0 atom stereocenters. The fourth-order valence-corrected chi connectivity index (χ4v) is 2.25. The van der Waals surface area contributed by atoms with Gasteiger partial charge in [0.05, 0.1) is 6.61 Å². The molecule has 2 aromatic rings. The van der Waals surface area contributed by atoms with Crippen molar-refractivity contribution in [3.05, 3.63) is 29.3 Å². The number of hydrogen-bond acceptors (Lipinski definition) is 6. The van der Waals surface area contributed by atoms with E-state index in [1.807, 2.05) is 13.8 Å². The predicted octanol–water partition coefficient (Wildman–Crippen LogP) is 2.52. The Morgan fingerprint density at radius 3 is 2.38 bits per heavy atom. The first-order chi connectivity index (χ1) is 10.2. The molecule has 1 aromatic carbocycles. The highest BCUT2D eigenvalue weighted by Gasteiger charge is 2.08. The van der Waals surface area contributed by atoms with E-state index in [0.717, 1.165) is 17.2 Å². The highest BCUT2D eigenvalue weighted by atomic mass is 32.1. The number of amides is 1. The van der Waals surface area contributed by atoms with Gasteiger partial charge in [-0.1, -0.05) is 18.3 Å². The zero-order valence-electron chi connectivity index (χ0n) is 12.0. The number of aryl methyl sites for hydroxylation is 1. The Labute approximate surface area is 127 Å². The summed E-state index contributed by atoms with van der Waals surface area (Å²) in [5.41, 5.74) is 0. The number of anilines is 1. The highest BCUT2D eigenvalue weighted by Crippen LogP contribution is 2.18. The third kappa shape index (κ3) is 4.71. The average molecular weight is 307 g/mol. The summed E-state index contributed by atoms with van der Waals surface area (Å²) in [7, 11) is 0. The molecule has 0 spiro atoms. The molecule has 0 aliphatic carbocycles. The molecule has 0 bridgehead atoms. The van der Waals surface area contributed by atoms with Crippen LogP contribution in [0.4, 0.5) is 5.13 Å². The lowest BCUT2D eigenvalue weighted by molar-refractivity contribution is -0.118. The molecular weight excluding hydrogens is 290 g/mol. The minimum absolute atomic E-state index is 0.0744. The number of carbonyl (C=O) groups is 1. The second-order valence-electron chi connectivity index (χ2n) is 4.10. The maximum absolute atomic E-state index is 11.7. The van der Waals surface area contributed by atoms with Gasteiger partial charge in [-0.15, -0.1) is 10.2 Å². The van der Waals surface area contributed by atoms with Gasteiger partial charge < -0.3 is 9.47 Å². The molecule has 0 saturated heterocycles. The lowest BCUT2D eigenvalue weighted by Crippen LogP contribution is -2.20. The monoisotopic (exact) mass is 307 g/mol. The Morgan fingerprint density at radius 1 is 1.14 bits per heavy atom. The summed E-state index contributed by atoms with van der Waals surface area (Å²) < 4.78 is 10.7. The Hall–Kier alpha value is -2.15. The second-order valence-corrected chi connectivity index (χ2v) is 5.16. The van der Waals surface area contributed by atoms with Gasteiger partial charge >= 0.3 is 0 Å². The molecule has 112 valence electrons. The van der Waals surface area contributed by atoms with E-state index in [4.69, 9.17) is 9.47 Å². The number of carbonyl (C=O) groups excluding carboxylic acids is 1. The van der Waals surface area contributed by atoms with E-state index in [2.05, 4.69) is 15.5 Å². The van der Waals surface area contributed by atoms with Gasteiger partial charge in [0.25, 0.3) is 5.91 Å². The van der Waals surface area contributed by atoms with Crippen molar-refractivity contribution in [2.24, 2.45) is 0 Å². The van der Waals surface area contributed by atoms with Crippen LogP contribution in [0.2, 0.25) is 0 Å². The van der Waals surface area contributed by atoms with Gasteiger partial charge in [0.15, 0.2) is 6.61 Å². The van der Waals surface area contributed by atoms with Crippen molar-refractivity contribution in [2.45, 2.75) is 20.3 Å². The van der Waals surface area contributed by atoms with Crippen LogP contribution in [0, 0.1) is 0 Å². The molecular formula is C14H17N3O3S. The summed E-state index contributed by atoms with van der Waals surface area (Å²) in [5, 5.41) is 11.8. The van der Waals surface area contributed by atoms with E-state index >= 15 is 0 Å². The van der Waals surface area contributed by atoms with Crippen molar-refractivity contribution in [1.82, 2.24) is 10.2 Å². The van der Waals surface area contributed by atoms with Gasteiger partial charge in [0.1, 0.15) is 16.5 Å². The molecule has 7 heteroatoms. The van der Waals surface area contributed by atoms with Crippen LogP contribution in [0.15, 0.2) is 24.3 Å². The quantitative estimate of drug-likeness (QED) is 0.851. The molecule has 1 heterocycles. The molecule has 0 aliphatic heterocycles. The molecule has 0 saturated carbocycles. The minimum atomic E-state index is -0.261. The normalized spacial score (nSPS) is 10.2. The van der Waals surface area contributed by atoms with Crippen LogP contribution in [0.5, 0.6) is 11.5 Å². The van der Waals surface area contributed by atoms with Crippen molar-refractivity contribution in [1.29, 1.82) is 0 Å². The summed E-state index contributed by atoms with van der Waals surface area (Å²) in [6.45, 7) is 4.45. The molecule has 0 aliphatic rings. The maximum Gasteiger partial charge on any atom is 0.264 e. The smallest absolute Gasteiger partial charge is 0.264 e. The maximum atomic E-state index is 11.7. The summed E-state index contributed by atoms with van der Waals surface area (Å²) in [5.74, 6) is 1.12. The van der Waals surface area contributed by atoms with E-state index in [1.165, 1.54) is 11.3 Å². The van der Waals surface area contributed by atoms with Crippen LogP contribution in [0.1, 0.15) is 18.9 Å². The lowest BCUT2D eigenvalue weighted by atomic mass is 10.3. The lowest BCUT2D eigenvalue weighted by Gasteiger charge is -2.07. The van der Waals surface area contributed by atoms with Gasteiger partial charge in [-0.05, 0) is 37.6 Å². The van der Waals surface area contributed by atoms with Crippen molar-refractivity contribution >= 4 is 22.4 Å². The third-order valence-electron chi connectivity index (χ3n) is 2.52. The fraction of sp³-hybridized carbons (Fsp3) is 0.357. The van der Waals surface area contributed by atoms with E-state index < -0.39 is 0 Å². The molecule has 1 amide bonds. The molecule has 0 radical (unpaired) electrons. The number of rotatable bonds is 7. The molecule has 0 unspecified atom stereocenters. The van der Waals surface area contributed by atoms with Gasteiger partial charge in [-0.3, -0.25) is 10.1 Å². The van der Waals surface area contributed by atoms with E-state index in [1.54, 1.807) is 24.3 Å². The summed E-state index contributed by atoms with van der Waals surface area (Å²) >= 11 is 1.36. The largest absolute Gasteiger partial charge is 0.494 e. The van der Waals surface area contributed by atoms with Crippen LogP contribution in [0.25, 0.3) is 0 Å². The molecule has 21 heavy (non-hydrogen) atoms. The zero-order chi connectivity index (χ0) is 15.1. The number of nitrogens with one attached hydrogen (secondary N) is 1. The van der Waals surface area contributed by atoms with Crippen molar-refractivity contribution < 1.29 is 14.3 Å². The molecule has 6 nitrogen and oxygen atoms in total. The summed E-state index contributed by atoms with van der Waals surface area (Å²) in [4.78, 5) is 11.7. The van der Waals surface area contributed by atoms with Crippen LogP contribution >= 0.6 is 11.3 Å². The van der Waals surface area contributed by atoms with Crippen molar-refractivity contribution in [2.75, 3.05) is 18.5 Å². The van der Waals surface area contributed by atoms with Gasteiger partial charge in [-0.25, -0.2) is 0 Å². The highest BCUT2D eigenvalue weighted by molar-refractivity contribution is 7.15. The number of benzene rings is 1. The summed E-state index contributed by atoms with van der Waals surface area (Å²) in [6, 6.07) is 7.13. The number of ether oxygens (including phenoxy) is 2. The molecule has 2 rings (SSSR count). The zero-order valence-corrected chi connectivity index (χ0v) is 12.8. The van der Waals surface area contributed by atoms with Crippen LogP contribution in [0.3, 0.4) is 0 Å². The Morgan fingerprint density at radius 2 is 1.81 bits per heavy atom. The van der Waals surface area contributed by atoms with E-state index in [-0.39, 0.29) is 12.5 Å².